The molecule has 0 saturated heterocycles. The molecule has 0 unspecified atom stereocenters. The summed E-state index contributed by atoms with van der Waals surface area (Å²) in [5, 5.41) is 0.843. The fourth-order valence-electron chi connectivity index (χ4n) is 2.58. The van der Waals surface area contributed by atoms with E-state index in [1.54, 1.807) is 12.3 Å². The average Bonchev–Trinajstić information content (AvgIpc) is 2.81. The number of aromatic amines is 1. The predicted molar refractivity (Wildman–Crippen MR) is 81.4 cm³/mol. The van der Waals surface area contributed by atoms with Crippen LogP contribution in [-0.2, 0) is 0 Å². The van der Waals surface area contributed by atoms with E-state index in [1.165, 1.54) is 0 Å². The van der Waals surface area contributed by atoms with E-state index in [9.17, 15) is 4.79 Å². The maximum Gasteiger partial charge on any atom is 0.250 e. The van der Waals surface area contributed by atoms with E-state index in [0.717, 1.165) is 22.1 Å². The molecule has 1 aromatic heterocycles. The Balaban J connectivity index is 2.39. The number of anilines is 1. The Morgan fingerprint density at radius 1 is 1.10 bits per heavy atom. The van der Waals surface area contributed by atoms with E-state index in [1.807, 2.05) is 37.3 Å². The van der Waals surface area contributed by atoms with Gasteiger partial charge in [0.25, 0.3) is 5.91 Å². The molecule has 0 fully saturated rings. The van der Waals surface area contributed by atoms with Crippen LogP contribution in [0.5, 0.6) is 0 Å². The number of amides is 1. The maximum atomic E-state index is 11.5. The van der Waals surface area contributed by atoms with Crippen LogP contribution in [0.2, 0.25) is 0 Å². The lowest BCUT2D eigenvalue weighted by molar-refractivity contribution is 0.100. The number of H-pyrrole nitrogens is 1. The highest BCUT2D eigenvalue weighted by atomic mass is 16.1. The van der Waals surface area contributed by atoms with Gasteiger partial charge in [-0.15, -0.1) is 0 Å². The zero-order valence-corrected chi connectivity index (χ0v) is 11.1. The average molecular weight is 265 g/mol. The molecule has 0 saturated carbocycles. The van der Waals surface area contributed by atoms with Gasteiger partial charge in [0.1, 0.15) is 0 Å². The molecule has 2 aromatic carbocycles. The van der Waals surface area contributed by atoms with Crippen molar-refractivity contribution in [2.75, 3.05) is 5.73 Å². The molecule has 100 valence electrons. The number of aromatic nitrogens is 1. The van der Waals surface area contributed by atoms with Crippen molar-refractivity contribution >= 4 is 22.5 Å². The summed E-state index contributed by atoms with van der Waals surface area (Å²) in [6, 6.07) is 11.7. The molecule has 0 aliphatic heterocycles. The van der Waals surface area contributed by atoms with E-state index in [2.05, 4.69) is 4.98 Å². The molecule has 0 atom stereocenters. The second kappa shape index (κ2) is 4.42. The summed E-state index contributed by atoms with van der Waals surface area (Å²) in [6.45, 7) is 2.05. The van der Waals surface area contributed by atoms with Gasteiger partial charge in [0, 0.05) is 11.6 Å². The third-order valence-corrected chi connectivity index (χ3v) is 3.57. The topological polar surface area (TPSA) is 84.9 Å². The highest BCUT2D eigenvalue weighted by Gasteiger charge is 2.15. The summed E-state index contributed by atoms with van der Waals surface area (Å²) >= 11 is 0. The lowest BCUT2D eigenvalue weighted by Gasteiger charge is -2.10. The van der Waals surface area contributed by atoms with E-state index >= 15 is 0 Å². The first-order valence-corrected chi connectivity index (χ1v) is 6.35. The van der Waals surface area contributed by atoms with Crippen LogP contribution in [-0.4, -0.2) is 10.9 Å². The molecule has 20 heavy (non-hydrogen) atoms. The van der Waals surface area contributed by atoms with Crippen molar-refractivity contribution < 1.29 is 4.79 Å². The van der Waals surface area contributed by atoms with Crippen molar-refractivity contribution in [1.29, 1.82) is 0 Å². The Labute approximate surface area is 116 Å². The van der Waals surface area contributed by atoms with Crippen molar-refractivity contribution in [2.24, 2.45) is 5.73 Å². The predicted octanol–water partition coefficient (Wildman–Crippen LogP) is 2.82. The minimum atomic E-state index is -0.465. The molecule has 0 radical (unpaired) electrons. The standard InChI is InChI=1S/C16H15N3O/c1-9-4-2-3-5-10(9)11-6-7-12(16(18)20)15-14(11)13(17)8-19-15/h2-8,19H,17H2,1H3,(H2,18,20). The van der Waals surface area contributed by atoms with Crippen LogP contribution >= 0.6 is 0 Å². The summed E-state index contributed by atoms with van der Waals surface area (Å²) in [6.07, 6.45) is 1.69. The van der Waals surface area contributed by atoms with Gasteiger partial charge >= 0.3 is 0 Å². The summed E-state index contributed by atoms with van der Waals surface area (Å²) in [4.78, 5) is 14.5. The monoisotopic (exact) mass is 265 g/mol. The first kappa shape index (κ1) is 12.3. The van der Waals surface area contributed by atoms with Gasteiger partial charge in [-0.25, -0.2) is 0 Å². The number of primary amides is 1. The molecule has 3 rings (SSSR count). The van der Waals surface area contributed by atoms with Crippen LogP contribution in [0.3, 0.4) is 0 Å². The fraction of sp³-hybridized carbons (Fsp3) is 0.0625. The number of nitrogens with two attached hydrogens (primary N) is 2. The van der Waals surface area contributed by atoms with Crippen molar-refractivity contribution in [2.45, 2.75) is 6.92 Å². The normalized spacial score (nSPS) is 10.8. The fourth-order valence-corrected chi connectivity index (χ4v) is 2.58. The van der Waals surface area contributed by atoms with E-state index < -0.39 is 5.91 Å². The number of nitrogen functional groups attached to an aromatic ring is 1. The molecular formula is C16H15N3O. The number of hydrogen-bond donors (Lipinski definition) is 3. The highest BCUT2D eigenvalue weighted by molar-refractivity contribution is 6.13. The summed E-state index contributed by atoms with van der Waals surface area (Å²) in [5.74, 6) is -0.465. The zero-order chi connectivity index (χ0) is 14.3. The van der Waals surface area contributed by atoms with Crippen LogP contribution in [0.4, 0.5) is 5.69 Å². The molecule has 5 N–H and O–H groups in total. The molecule has 1 amide bonds. The molecule has 1 heterocycles. The molecule has 0 aliphatic rings. The molecule has 4 nitrogen and oxygen atoms in total. The van der Waals surface area contributed by atoms with Crippen LogP contribution < -0.4 is 11.5 Å². The molecule has 4 heteroatoms. The van der Waals surface area contributed by atoms with Gasteiger partial charge in [0.05, 0.1) is 16.8 Å². The third kappa shape index (κ3) is 1.73. The van der Waals surface area contributed by atoms with Crippen LogP contribution in [0.15, 0.2) is 42.6 Å². The number of fused-ring (bicyclic) bond motifs is 1. The third-order valence-electron chi connectivity index (χ3n) is 3.57. The van der Waals surface area contributed by atoms with E-state index in [-0.39, 0.29) is 0 Å². The molecule has 0 spiro atoms. The molecule has 0 bridgehead atoms. The zero-order valence-electron chi connectivity index (χ0n) is 11.1. The van der Waals surface area contributed by atoms with Crippen molar-refractivity contribution in [3.05, 3.63) is 53.7 Å². The van der Waals surface area contributed by atoms with Crippen LogP contribution in [0.25, 0.3) is 22.0 Å². The maximum absolute atomic E-state index is 11.5. The second-order valence-corrected chi connectivity index (χ2v) is 4.83. The number of carbonyl (C=O) groups is 1. The largest absolute Gasteiger partial charge is 0.397 e. The number of carbonyl (C=O) groups excluding carboxylic acids is 1. The van der Waals surface area contributed by atoms with Gasteiger partial charge in [-0.2, -0.15) is 0 Å². The van der Waals surface area contributed by atoms with E-state index in [0.29, 0.717) is 16.8 Å². The quantitative estimate of drug-likeness (QED) is 0.665. The first-order valence-electron chi connectivity index (χ1n) is 6.35. The van der Waals surface area contributed by atoms with Gasteiger partial charge in [-0.05, 0) is 29.7 Å². The number of hydrogen-bond acceptors (Lipinski definition) is 2. The van der Waals surface area contributed by atoms with Crippen LogP contribution in [0.1, 0.15) is 15.9 Å². The lowest BCUT2D eigenvalue weighted by atomic mass is 9.95. The smallest absolute Gasteiger partial charge is 0.250 e. The molecular weight excluding hydrogens is 250 g/mol. The van der Waals surface area contributed by atoms with Crippen LogP contribution in [0, 0.1) is 6.92 Å². The summed E-state index contributed by atoms with van der Waals surface area (Å²) in [5.41, 5.74) is 16.5. The number of rotatable bonds is 2. The van der Waals surface area contributed by atoms with Crippen molar-refractivity contribution in [3.8, 4) is 11.1 Å². The van der Waals surface area contributed by atoms with E-state index in [4.69, 9.17) is 11.5 Å². The molecule has 3 aromatic rings. The van der Waals surface area contributed by atoms with Crippen molar-refractivity contribution in [3.63, 3.8) is 0 Å². The Bertz CT molecular complexity index is 818. The first-order chi connectivity index (χ1) is 9.59. The number of nitrogens with one attached hydrogen (secondary N) is 1. The minimum absolute atomic E-state index is 0.453. The highest BCUT2D eigenvalue weighted by Crippen LogP contribution is 2.35. The second-order valence-electron chi connectivity index (χ2n) is 4.83. The Morgan fingerprint density at radius 3 is 2.55 bits per heavy atom. The van der Waals surface area contributed by atoms with Gasteiger partial charge in [0.15, 0.2) is 0 Å². The lowest BCUT2D eigenvalue weighted by Crippen LogP contribution is -2.11. The van der Waals surface area contributed by atoms with Gasteiger partial charge in [-0.1, -0.05) is 30.3 Å². The summed E-state index contributed by atoms with van der Waals surface area (Å²) < 4.78 is 0. The Hall–Kier alpha value is -2.75. The minimum Gasteiger partial charge on any atom is -0.397 e. The van der Waals surface area contributed by atoms with Gasteiger partial charge < -0.3 is 16.5 Å². The molecule has 0 aliphatic carbocycles. The van der Waals surface area contributed by atoms with Gasteiger partial charge in [-0.3, -0.25) is 4.79 Å². The summed E-state index contributed by atoms with van der Waals surface area (Å²) in [7, 11) is 0. The number of benzene rings is 2. The number of aryl methyl sites for hydroxylation is 1. The Morgan fingerprint density at radius 2 is 1.85 bits per heavy atom. The SMILES string of the molecule is Cc1ccccc1-c1ccc(C(N)=O)c2[nH]cc(N)c12. The van der Waals surface area contributed by atoms with Gasteiger partial charge in [0.2, 0.25) is 0 Å². The van der Waals surface area contributed by atoms with Crippen molar-refractivity contribution in [1.82, 2.24) is 4.98 Å². The Kier molecular flexibility index (Phi) is 2.71.